The monoisotopic (exact) mass is 340 g/mol. The predicted octanol–water partition coefficient (Wildman–Crippen LogP) is 1.89. The quantitative estimate of drug-likeness (QED) is 0.666. The zero-order chi connectivity index (χ0) is 18.4. The second kappa shape index (κ2) is 9.04. The van der Waals surface area contributed by atoms with Crippen molar-refractivity contribution in [3.8, 4) is 0 Å². The maximum Gasteiger partial charge on any atom is 0.316 e. The van der Waals surface area contributed by atoms with E-state index in [1.165, 1.54) is 6.42 Å². The number of nitrogens with one attached hydrogen (secondary N) is 2. The predicted molar refractivity (Wildman–Crippen MR) is 92.2 cm³/mol. The van der Waals surface area contributed by atoms with Crippen LogP contribution in [0.15, 0.2) is 0 Å². The molecule has 6 nitrogen and oxygen atoms in total. The summed E-state index contributed by atoms with van der Waals surface area (Å²) in [6.45, 7) is 11.9. The van der Waals surface area contributed by atoms with Crippen LogP contribution in [0.1, 0.15) is 47.5 Å². The first-order valence-corrected chi connectivity index (χ1v) is 8.91. The number of aliphatic carboxylic acids is 1. The molecule has 0 aromatic heterocycles. The van der Waals surface area contributed by atoms with Gasteiger partial charge in [0.15, 0.2) is 0 Å². The molecule has 0 aromatic rings. The van der Waals surface area contributed by atoms with Crippen molar-refractivity contribution in [1.82, 2.24) is 10.6 Å². The largest absolute Gasteiger partial charge is 0.481 e. The van der Waals surface area contributed by atoms with Crippen molar-refractivity contribution in [2.75, 3.05) is 13.1 Å². The number of hydrogen-bond acceptors (Lipinski definition) is 3. The molecule has 3 N–H and O–H groups in total. The summed E-state index contributed by atoms with van der Waals surface area (Å²) in [7, 11) is 0. The van der Waals surface area contributed by atoms with Crippen molar-refractivity contribution in [2.24, 2.45) is 35.5 Å². The van der Waals surface area contributed by atoms with Crippen LogP contribution in [0, 0.1) is 35.5 Å². The lowest BCUT2D eigenvalue weighted by Crippen LogP contribution is -2.27. The molecule has 2 heterocycles. The van der Waals surface area contributed by atoms with E-state index < -0.39 is 11.9 Å². The van der Waals surface area contributed by atoms with Crippen LogP contribution >= 0.6 is 0 Å². The summed E-state index contributed by atoms with van der Waals surface area (Å²) in [5.41, 5.74) is 0. The zero-order valence-corrected chi connectivity index (χ0v) is 15.5. The minimum atomic E-state index is -0.999. The molecule has 24 heavy (non-hydrogen) atoms. The van der Waals surface area contributed by atoms with Crippen molar-refractivity contribution in [2.45, 2.75) is 47.5 Å². The maximum absolute atomic E-state index is 11.1. The Morgan fingerprint density at radius 1 is 1.00 bits per heavy atom. The van der Waals surface area contributed by atoms with Gasteiger partial charge >= 0.3 is 5.97 Å². The van der Waals surface area contributed by atoms with Crippen LogP contribution in [-0.2, 0) is 14.4 Å². The summed E-state index contributed by atoms with van der Waals surface area (Å²) in [5, 5.41) is 14.3. The van der Waals surface area contributed by atoms with Gasteiger partial charge in [-0.25, -0.2) is 0 Å². The number of carbonyl (C=O) groups excluding carboxylic acids is 2. The fourth-order valence-corrected chi connectivity index (χ4v) is 3.49. The number of hydrogen-bond donors (Lipinski definition) is 3. The summed E-state index contributed by atoms with van der Waals surface area (Å²) in [6.07, 6.45) is 1.95. The van der Waals surface area contributed by atoms with Crippen LogP contribution in [0.5, 0.6) is 0 Å². The maximum atomic E-state index is 11.1. The summed E-state index contributed by atoms with van der Waals surface area (Å²) < 4.78 is 0. The molecule has 2 aliphatic rings. The summed E-state index contributed by atoms with van der Waals surface area (Å²) in [5.74, 6) is -0.0311. The van der Waals surface area contributed by atoms with Gasteiger partial charge in [0.25, 0.3) is 0 Å². The van der Waals surface area contributed by atoms with Gasteiger partial charge < -0.3 is 15.7 Å². The first kappa shape index (κ1) is 20.5. The van der Waals surface area contributed by atoms with Crippen molar-refractivity contribution < 1.29 is 19.5 Å². The first-order valence-electron chi connectivity index (χ1n) is 8.91. The Kier molecular flexibility index (Phi) is 7.70. The van der Waals surface area contributed by atoms with E-state index in [-0.39, 0.29) is 23.7 Å². The summed E-state index contributed by atoms with van der Waals surface area (Å²) in [4.78, 5) is 32.9. The van der Waals surface area contributed by atoms with E-state index in [1.54, 1.807) is 0 Å². The van der Waals surface area contributed by atoms with Gasteiger partial charge in [0.2, 0.25) is 11.8 Å². The van der Waals surface area contributed by atoms with Gasteiger partial charge in [0.1, 0.15) is 5.92 Å². The highest BCUT2D eigenvalue weighted by molar-refractivity contribution is 5.98. The van der Waals surface area contributed by atoms with Crippen LogP contribution in [0.4, 0.5) is 0 Å². The highest BCUT2D eigenvalue weighted by Gasteiger charge is 2.40. The molecule has 138 valence electrons. The average molecular weight is 340 g/mol. The molecule has 2 amide bonds. The van der Waals surface area contributed by atoms with E-state index in [4.69, 9.17) is 5.11 Å². The number of carbonyl (C=O) groups is 3. The molecular weight excluding hydrogens is 308 g/mol. The Labute approximate surface area is 144 Å². The van der Waals surface area contributed by atoms with Crippen LogP contribution in [0.2, 0.25) is 0 Å². The summed E-state index contributed by atoms with van der Waals surface area (Å²) in [6, 6.07) is 0. The molecular formula is C18H32N2O4. The van der Waals surface area contributed by atoms with E-state index >= 15 is 0 Å². The molecule has 4 atom stereocenters. The molecule has 0 radical (unpaired) electrons. The van der Waals surface area contributed by atoms with Gasteiger partial charge in [-0.3, -0.25) is 14.4 Å². The normalized spacial score (nSPS) is 29.3. The van der Waals surface area contributed by atoms with Gasteiger partial charge in [-0.2, -0.15) is 0 Å². The lowest BCUT2D eigenvalue weighted by atomic mass is 9.88. The van der Waals surface area contributed by atoms with E-state index in [9.17, 15) is 14.4 Å². The first-order chi connectivity index (χ1) is 11.1. The SMILES string of the molecule is CC(C)CC1CNC(=O)C1C.CC(C)CC1CNC(=O)C1C(=O)O. The second-order valence-electron chi connectivity index (χ2n) is 7.87. The third-order valence-electron chi connectivity index (χ3n) is 4.77. The van der Waals surface area contributed by atoms with Crippen LogP contribution < -0.4 is 10.6 Å². The third-order valence-corrected chi connectivity index (χ3v) is 4.77. The van der Waals surface area contributed by atoms with Crippen molar-refractivity contribution >= 4 is 17.8 Å². The molecule has 2 fully saturated rings. The van der Waals surface area contributed by atoms with Gasteiger partial charge in [0.05, 0.1) is 0 Å². The minimum absolute atomic E-state index is 0.0370. The van der Waals surface area contributed by atoms with E-state index in [0.29, 0.717) is 24.3 Å². The van der Waals surface area contributed by atoms with Crippen LogP contribution in [0.25, 0.3) is 0 Å². The van der Waals surface area contributed by atoms with Crippen LogP contribution in [-0.4, -0.2) is 36.0 Å². The van der Waals surface area contributed by atoms with E-state index in [0.717, 1.165) is 13.0 Å². The molecule has 0 bridgehead atoms. The number of rotatable bonds is 5. The van der Waals surface area contributed by atoms with Crippen molar-refractivity contribution in [3.63, 3.8) is 0 Å². The van der Waals surface area contributed by atoms with Crippen LogP contribution in [0.3, 0.4) is 0 Å². The average Bonchev–Trinajstić information content (AvgIpc) is 2.96. The smallest absolute Gasteiger partial charge is 0.316 e. The molecule has 0 saturated carbocycles. The second-order valence-corrected chi connectivity index (χ2v) is 7.87. The molecule has 2 aliphatic heterocycles. The zero-order valence-electron chi connectivity index (χ0n) is 15.5. The molecule has 4 unspecified atom stereocenters. The highest BCUT2D eigenvalue weighted by Crippen LogP contribution is 2.25. The molecule has 2 saturated heterocycles. The number of carboxylic acid groups (broad SMARTS) is 1. The molecule has 2 rings (SSSR count). The van der Waals surface area contributed by atoms with Gasteiger partial charge in [-0.1, -0.05) is 34.6 Å². The topological polar surface area (TPSA) is 95.5 Å². The fourth-order valence-electron chi connectivity index (χ4n) is 3.49. The lowest BCUT2D eigenvalue weighted by molar-refractivity contribution is -0.147. The number of carboxylic acids is 1. The Bertz CT molecular complexity index is 462. The highest BCUT2D eigenvalue weighted by atomic mass is 16.4. The molecule has 0 aliphatic carbocycles. The van der Waals surface area contributed by atoms with E-state index in [2.05, 4.69) is 24.5 Å². The Balaban J connectivity index is 0.000000243. The lowest BCUT2D eigenvalue weighted by Gasteiger charge is -2.14. The fraction of sp³-hybridized carbons (Fsp3) is 0.833. The van der Waals surface area contributed by atoms with E-state index in [1.807, 2.05) is 20.8 Å². The molecule has 0 aromatic carbocycles. The molecule has 0 spiro atoms. The van der Waals surface area contributed by atoms with Crippen molar-refractivity contribution in [1.29, 1.82) is 0 Å². The van der Waals surface area contributed by atoms with Gasteiger partial charge in [-0.05, 0) is 36.5 Å². The van der Waals surface area contributed by atoms with Gasteiger partial charge in [0, 0.05) is 19.0 Å². The molecule has 6 heteroatoms. The Morgan fingerprint density at radius 2 is 1.46 bits per heavy atom. The van der Waals surface area contributed by atoms with Gasteiger partial charge in [-0.15, -0.1) is 0 Å². The number of amides is 2. The Morgan fingerprint density at radius 3 is 1.88 bits per heavy atom. The minimum Gasteiger partial charge on any atom is -0.481 e. The Hall–Kier alpha value is -1.59. The summed E-state index contributed by atoms with van der Waals surface area (Å²) >= 11 is 0. The third kappa shape index (κ3) is 5.80. The standard InChI is InChI=1S/C9H15NO3.C9H17NO/c1-5(2)3-6-4-10-8(11)7(6)9(12)13;1-6(2)4-8-5-10-9(11)7(8)3/h5-7H,3-4H2,1-2H3,(H,10,11)(H,12,13);6-8H,4-5H2,1-3H3,(H,10,11). The van der Waals surface area contributed by atoms with Crippen molar-refractivity contribution in [3.05, 3.63) is 0 Å².